The van der Waals surface area contributed by atoms with Crippen LogP contribution in [0.1, 0.15) is 11.1 Å². The molecule has 0 aromatic heterocycles. The Bertz CT molecular complexity index is 353. The molecule has 0 atom stereocenters. The molecule has 17 heavy (non-hydrogen) atoms. The molecule has 0 unspecified atom stereocenters. The van der Waals surface area contributed by atoms with Gasteiger partial charge in [-0.1, -0.05) is 24.3 Å². The fourth-order valence-electron chi connectivity index (χ4n) is 2.13. The van der Waals surface area contributed by atoms with Crippen LogP contribution < -0.4 is 5.32 Å². The number of rotatable bonds is 4. The van der Waals surface area contributed by atoms with E-state index in [9.17, 15) is 13.2 Å². The van der Waals surface area contributed by atoms with Crippen molar-refractivity contribution in [2.45, 2.75) is 24.4 Å². The first kappa shape index (κ1) is 12.8. The summed E-state index contributed by atoms with van der Waals surface area (Å²) in [6.07, 6.45) is 1.85. The second-order valence-electron chi connectivity index (χ2n) is 4.12. The largest absolute Gasteiger partial charge is 0.441 e. The molecule has 1 aliphatic rings. The number of benzene rings is 1. The van der Waals surface area contributed by atoms with Gasteiger partial charge >= 0.3 is 5.51 Å². The molecule has 1 aromatic rings. The number of hydrogen-bond acceptors (Lipinski definition) is 2. The second-order valence-corrected chi connectivity index (χ2v) is 5.28. The highest BCUT2D eigenvalue weighted by atomic mass is 32.2. The lowest BCUT2D eigenvalue weighted by molar-refractivity contribution is -0.0327. The normalized spacial score (nSPS) is 16.2. The summed E-state index contributed by atoms with van der Waals surface area (Å²) in [5, 5.41) is 3.18. The first-order valence-electron chi connectivity index (χ1n) is 5.55. The van der Waals surface area contributed by atoms with Gasteiger partial charge in [0.25, 0.3) is 0 Å². The van der Waals surface area contributed by atoms with Gasteiger partial charge in [-0.2, -0.15) is 13.2 Å². The van der Waals surface area contributed by atoms with Crippen LogP contribution in [0.3, 0.4) is 0 Å². The number of alkyl halides is 3. The summed E-state index contributed by atoms with van der Waals surface area (Å²) in [6, 6.07) is 8.46. The van der Waals surface area contributed by atoms with Crippen LogP contribution in [0.4, 0.5) is 13.2 Å². The maximum absolute atomic E-state index is 11.9. The Morgan fingerprint density at radius 1 is 1.18 bits per heavy atom. The van der Waals surface area contributed by atoms with Crippen LogP contribution in [0, 0.1) is 0 Å². The zero-order valence-corrected chi connectivity index (χ0v) is 10.1. The number of thioether (sulfide) groups is 1. The SMILES string of the molecule is FC(F)(F)SCCNC1Cc2ccccc2C1. The van der Waals surface area contributed by atoms with Crippen molar-refractivity contribution >= 4 is 11.8 Å². The van der Waals surface area contributed by atoms with E-state index in [4.69, 9.17) is 0 Å². The Balaban J connectivity index is 1.70. The van der Waals surface area contributed by atoms with Crippen molar-refractivity contribution in [3.63, 3.8) is 0 Å². The predicted octanol–water partition coefficient (Wildman–Crippen LogP) is 3.00. The highest BCUT2D eigenvalue weighted by Crippen LogP contribution is 2.29. The molecular weight excluding hydrogens is 247 g/mol. The third-order valence-corrected chi connectivity index (χ3v) is 3.59. The fraction of sp³-hybridized carbons (Fsp3) is 0.500. The van der Waals surface area contributed by atoms with Crippen molar-refractivity contribution in [3.8, 4) is 0 Å². The molecule has 1 nitrogen and oxygen atoms in total. The van der Waals surface area contributed by atoms with E-state index < -0.39 is 5.51 Å². The molecule has 0 aliphatic heterocycles. The summed E-state index contributed by atoms with van der Waals surface area (Å²) in [5.74, 6) is 0.0797. The van der Waals surface area contributed by atoms with Gasteiger partial charge in [0, 0.05) is 18.3 Å². The van der Waals surface area contributed by atoms with E-state index in [-0.39, 0.29) is 17.5 Å². The van der Waals surface area contributed by atoms with E-state index in [0.717, 1.165) is 12.8 Å². The van der Waals surface area contributed by atoms with E-state index in [2.05, 4.69) is 17.4 Å². The minimum absolute atomic E-state index is 0.0383. The van der Waals surface area contributed by atoms with Crippen LogP contribution in [0.2, 0.25) is 0 Å². The summed E-state index contributed by atoms with van der Waals surface area (Å²) in [7, 11) is 0. The van der Waals surface area contributed by atoms with Crippen molar-refractivity contribution in [3.05, 3.63) is 35.4 Å². The van der Waals surface area contributed by atoms with Gasteiger partial charge in [-0.15, -0.1) is 0 Å². The molecule has 0 saturated carbocycles. The third-order valence-electron chi connectivity index (χ3n) is 2.85. The van der Waals surface area contributed by atoms with Crippen LogP contribution in [0.5, 0.6) is 0 Å². The van der Waals surface area contributed by atoms with E-state index in [1.165, 1.54) is 11.1 Å². The summed E-state index contributed by atoms with van der Waals surface area (Å²) in [5.41, 5.74) is -1.48. The summed E-state index contributed by atoms with van der Waals surface area (Å²) in [6.45, 7) is 0.406. The third kappa shape index (κ3) is 3.92. The fourth-order valence-corrected chi connectivity index (χ4v) is 2.58. The van der Waals surface area contributed by atoms with Crippen LogP contribution in [-0.2, 0) is 12.8 Å². The van der Waals surface area contributed by atoms with Gasteiger partial charge in [-0.3, -0.25) is 0 Å². The predicted molar refractivity (Wildman–Crippen MR) is 64.2 cm³/mol. The van der Waals surface area contributed by atoms with E-state index in [0.29, 0.717) is 12.6 Å². The first-order valence-corrected chi connectivity index (χ1v) is 6.54. The van der Waals surface area contributed by atoms with E-state index in [1.807, 2.05) is 12.1 Å². The van der Waals surface area contributed by atoms with Crippen molar-refractivity contribution in [1.29, 1.82) is 0 Å². The van der Waals surface area contributed by atoms with Crippen LogP contribution in [0.25, 0.3) is 0 Å². The molecule has 0 fully saturated rings. The summed E-state index contributed by atoms with van der Waals surface area (Å²) < 4.78 is 35.7. The molecule has 0 bridgehead atoms. The number of nitrogens with one attached hydrogen (secondary N) is 1. The number of fused-ring (bicyclic) bond motifs is 1. The zero-order chi connectivity index (χ0) is 12.3. The summed E-state index contributed by atoms with van der Waals surface area (Å²) in [4.78, 5) is 0. The lowest BCUT2D eigenvalue weighted by atomic mass is 10.1. The molecule has 94 valence electrons. The Hall–Kier alpha value is -0.680. The maximum Gasteiger partial charge on any atom is 0.441 e. The van der Waals surface area contributed by atoms with Gasteiger partial charge in [0.05, 0.1) is 0 Å². The molecule has 0 heterocycles. The Kier molecular flexibility index (Phi) is 3.99. The Morgan fingerprint density at radius 2 is 1.76 bits per heavy atom. The van der Waals surface area contributed by atoms with E-state index >= 15 is 0 Å². The standard InChI is InChI=1S/C12H14F3NS/c13-12(14,15)17-6-5-16-11-7-9-3-1-2-4-10(9)8-11/h1-4,11,16H,5-8H2. The highest BCUT2D eigenvalue weighted by Gasteiger charge is 2.27. The van der Waals surface area contributed by atoms with Gasteiger partial charge in [0.1, 0.15) is 0 Å². The molecular formula is C12H14F3NS. The van der Waals surface area contributed by atoms with Gasteiger partial charge in [-0.05, 0) is 35.7 Å². The van der Waals surface area contributed by atoms with Gasteiger partial charge < -0.3 is 5.32 Å². The zero-order valence-electron chi connectivity index (χ0n) is 9.26. The molecule has 2 rings (SSSR count). The second kappa shape index (κ2) is 5.31. The van der Waals surface area contributed by atoms with Crippen molar-refractivity contribution in [1.82, 2.24) is 5.32 Å². The first-order chi connectivity index (χ1) is 8.04. The van der Waals surface area contributed by atoms with Crippen LogP contribution in [0.15, 0.2) is 24.3 Å². The molecule has 0 amide bonds. The average Bonchev–Trinajstić information content (AvgIpc) is 2.65. The maximum atomic E-state index is 11.9. The molecule has 0 spiro atoms. The Labute approximate surface area is 103 Å². The van der Waals surface area contributed by atoms with Crippen molar-refractivity contribution < 1.29 is 13.2 Å². The minimum Gasteiger partial charge on any atom is -0.312 e. The van der Waals surface area contributed by atoms with Crippen LogP contribution in [-0.4, -0.2) is 23.8 Å². The molecule has 0 radical (unpaired) electrons. The van der Waals surface area contributed by atoms with Gasteiger partial charge in [0.15, 0.2) is 0 Å². The number of halogens is 3. The minimum atomic E-state index is -4.11. The summed E-state index contributed by atoms with van der Waals surface area (Å²) >= 11 is 0.0383. The Morgan fingerprint density at radius 3 is 2.29 bits per heavy atom. The quantitative estimate of drug-likeness (QED) is 0.836. The molecule has 1 aromatic carbocycles. The van der Waals surface area contributed by atoms with Gasteiger partial charge in [-0.25, -0.2) is 0 Å². The number of hydrogen-bond donors (Lipinski definition) is 1. The van der Waals surface area contributed by atoms with Crippen molar-refractivity contribution in [2.75, 3.05) is 12.3 Å². The smallest absolute Gasteiger partial charge is 0.312 e. The lowest BCUT2D eigenvalue weighted by Crippen LogP contribution is -2.31. The monoisotopic (exact) mass is 261 g/mol. The molecule has 5 heteroatoms. The highest BCUT2D eigenvalue weighted by molar-refractivity contribution is 8.00. The van der Waals surface area contributed by atoms with Crippen molar-refractivity contribution in [2.24, 2.45) is 0 Å². The molecule has 1 aliphatic carbocycles. The van der Waals surface area contributed by atoms with Crippen LogP contribution >= 0.6 is 11.8 Å². The molecule has 1 N–H and O–H groups in total. The topological polar surface area (TPSA) is 12.0 Å². The average molecular weight is 261 g/mol. The van der Waals surface area contributed by atoms with E-state index in [1.54, 1.807) is 0 Å². The van der Waals surface area contributed by atoms with Gasteiger partial charge in [0.2, 0.25) is 0 Å². The lowest BCUT2D eigenvalue weighted by Gasteiger charge is -2.12. The molecule has 0 saturated heterocycles.